The van der Waals surface area contributed by atoms with Crippen molar-refractivity contribution < 1.29 is 9.47 Å². The molecule has 1 rings (SSSR count). The lowest BCUT2D eigenvalue weighted by Gasteiger charge is -2.19. The average molecular weight is 237 g/mol. The number of rotatable bonds is 5. The summed E-state index contributed by atoms with van der Waals surface area (Å²) in [6.45, 7) is 2.16. The third-order valence-electron chi connectivity index (χ3n) is 2.42. The molecule has 0 fully saturated rings. The Morgan fingerprint density at radius 1 is 1.47 bits per heavy atom. The maximum absolute atomic E-state index is 7.48. The van der Waals surface area contributed by atoms with Gasteiger partial charge in [-0.1, -0.05) is 13.0 Å². The Kier molecular flexibility index (Phi) is 4.78. The highest BCUT2D eigenvalue weighted by atomic mass is 16.5. The number of benzene rings is 1. The van der Waals surface area contributed by atoms with Crippen LogP contribution in [0.5, 0.6) is 5.75 Å². The molecule has 0 atom stereocenters. The molecule has 5 nitrogen and oxygen atoms in total. The largest absolute Gasteiger partial charge is 0.496 e. The van der Waals surface area contributed by atoms with Crippen LogP contribution in [0, 0.1) is 5.41 Å². The molecule has 0 heterocycles. The average Bonchev–Trinajstić information content (AvgIpc) is 2.35. The van der Waals surface area contributed by atoms with Crippen LogP contribution in [0.2, 0.25) is 0 Å². The number of hydrogen-bond donors (Lipinski definition) is 2. The second kappa shape index (κ2) is 6.10. The third kappa shape index (κ3) is 3.35. The maximum atomic E-state index is 7.48. The van der Waals surface area contributed by atoms with E-state index in [-0.39, 0.29) is 12.5 Å². The van der Waals surface area contributed by atoms with Gasteiger partial charge in [-0.05, 0) is 12.1 Å². The van der Waals surface area contributed by atoms with Gasteiger partial charge in [-0.25, -0.2) is 5.84 Å². The molecule has 0 saturated heterocycles. The summed E-state index contributed by atoms with van der Waals surface area (Å²) in [5.41, 5.74) is 1.67. The molecule has 0 radical (unpaired) electrons. The smallest absolute Gasteiger partial charge is 0.180 e. The van der Waals surface area contributed by atoms with Crippen molar-refractivity contribution in [3.05, 3.63) is 23.8 Å². The molecule has 0 aliphatic rings. The summed E-state index contributed by atoms with van der Waals surface area (Å²) in [6, 6.07) is 5.60. The van der Waals surface area contributed by atoms with E-state index < -0.39 is 0 Å². The molecule has 0 spiro atoms. The van der Waals surface area contributed by atoms with Crippen LogP contribution in [0.4, 0.5) is 5.69 Å². The molecule has 0 amide bonds. The lowest BCUT2D eigenvalue weighted by molar-refractivity contribution is 0.274. The highest BCUT2D eigenvalue weighted by Gasteiger charge is 2.12. The van der Waals surface area contributed by atoms with E-state index in [0.29, 0.717) is 12.2 Å². The first-order valence-corrected chi connectivity index (χ1v) is 5.44. The van der Waals surface area contributed by atoms with Crippen LogP contribution < -0.4 is 15.6 Å². The summed E-state index contributed by atoms with van der Waals surface area (Å²) >= 11 is 0. The fraction of sp³-hybridized carbons (Fsp3) is 0.417. The number of hydrazine groups is 1. The van der Waals surface area contributed by atoms with E-state index in [1.807, 2.05) is 25.1 Å². The minimum Gasteiger partial charge on any atom is -0.496 e. The topological polar surface area (TPSA) is 71.6 Å². The number of nitrogens with zero attached hydrogens (tertiary/aromatic N) is 1. The molecular formula is C12H19N3O2. The van der Waals surface area contributed by atoms with Crippen molar-refractivity contribution in [1.29, 1.82) is 5.41 Å². The van der Waals surface area contributed by atoms with Gasteiger partial charge in [0.05, 0.1) is 18.4 Å². The standard InChI is InChI=1S/C12H19N3O2/c1-4-12(13)17-8-9-10(15(2)14)6-5-7-11(9)16-3/h5-7,13H,4,8,14H2,1-3H3. The summed E-state index contributed by atoms with van der Waals surface area (Å²) in [4.78, 5) is 0. The van der Waals surface area contributed by atoms with Crippen molar-refractivity contribution in [2.24, 2.45) is 5.84 Å². The Hall–Kier alpha value is -1.75. The Morgan fingerprint density at radius 3 is 2.71 bits per heavy atom. The molecule has 0 aromatic heterocycles. The number of ether oxygens (including phenoxy) is 2. The van der Waals surface area contributed by atoms with Crippen molar-refractivity contribution in [1.82, 2.24) is 0 Å². The molecule has 94 valence electrons. The van der Waals surface area contributed by atoms with Crippen molar-refractivity contribution in [3.63, 3.8) is 0 Å². The van der Waals surface area contributed by atoms with E-state index in [1.54, 1.807) is 14.2 Å². The monoisotopic (exact) mass is 237 g/mol. The molecule has 1 aromatic rings. The number of anilines is 1. The quantitative estimate of drug-likeness (QED) is 0.355. The zero-order valence-electron chi connectivity index (χ0n) is 10.5. The first kappa shape index (κ1) is 13.3. The fourth-order valence-corrected chi connectivity index (χ4v) is 1.48. The van der Waals surface area contributed by atoms with E-state index in [2.05, 4.69) is 0 Å². The number of nitrogens with two attached hydrogens (primary N) is 1. The zero-order chi connectivity index (χ0) is 12.8. The van der Waals surface area contributed by atoms with Gasteiger partial charge in [0.1, 0.15) is 12.4 Å². The van der Waals surface area contributed by atoms with Gasteiger partial charge in [-0.15, -0.1) is 0 Å². The molecule has 1 aromatic carbocycles. The van der Waals surface area contributed by atoms with Gasteiger partial charge in [0.2, 0.25) is 0 Å². The van der Waals surface area contributed by atoms with E-state index in [9.17, 15) is 0 Å². The highest BCUT2D eigenvalue weighted by molar-refractivity contribution is 5.72. The molecule has 0 saturated carbocycles. The molecule has 3 N–H and O–H groups in total. The number of nitrogens with one attached hydrogen (secondary N) is 1. The van der Waals surface area contributed by atoms with Crippen LogP contribution in [0.3, 0.4) is 0 Å². The van der Waals surface area contributed by atoms with Crippen LogP contribution in [0.1, 0.15) is 18.9 Å². The van der Waals surface area contributed by atoms with Crippen LogP contribution in [-0.4, -0.2) is 20.1 Å². The first-order chi connectivity index (χ1) is 8.10. The molecule has 5 heteroatoms. The third-order valence-corrected chi connectivity index (χ3v) is 2.42. The summed E-state index contributed by atoms with van der Waals surface area (Å²) in [6.07, 6.45) is 0.572. The summed E-state index contributed by atoms with van der Waals surface area (Å²) in [7, 11) is 3.35. The summed E-state index contributed by atoms with van der Waals surface area (Å²) in [5, 5.41) is 8.99. The van der Waals surface area contributed by atoms with E-state index in [0.717, 1.165) is 11.3 Å². The van der Waals surface area contributed by atoms with E-state index >= 15 is 0 Å². The van der Waals surface area contributed by atoms with Crippen molar-refractivity contribution in [2.75, 3.05) is 19.2 Å². The van der Waals surface area contributed by atoms with Gasteiger partial charge < -0.3 is 14.5 Å². The number of methoxy groups -OCH3 is 1. The Morgan fingerprint density at radius 2 is 2.18 bits per heavy atom. The molecule has 0 unspecified atom stereocenters. The minimum absolute atomic E-state index is 0.251. The van der Waals surface area contributed by atoms with Crippen molar-refractivity contribution in [3.8, 4) is 5.75 Å². The van der Waals surface area contributed by atoms with Gasteiger partial charge in [0.25, 0.3) is 0 Å². The van der Waals surface area contributed by atoms with Gasteiger partial charge in [0.15, 0.2) is 5.90 Å². The Balaban J connectivity index is 2.96. The van der Waals surface area contributed by atoms with Gasteiger partial charge in [0, 0.05) is 13.5 Å². The van der Waals surface area contributed by atoms with Gasteiger partial charge in [-0.3, -0.25) is 5.41 Å². The van der Waals surface area contributed by atoms with Crippen LogP contribution in [0.25, 0.3) is 0 Å². The SMILES string of the molecule is CCC(=N)OCc1c(OC)cccc1N(C)N. The summed E-state index contributed by atoms with van der Waals surface area (Å²) in [5.74, 6) is 6.71. The molecule has 17 heavy (non-hydrogen) atoms. The fourth-order valence-electron chi connectivity index (χ4n) is 1.48. The van der Waals surface area contributed by atoms with Crippen molar-refractivity contribution in [2.45, 2.75) is 20.0 Å². The minimum atomic E-state index is 0.251. The normalized spacial score (nSPS) is 9.88. The Bertz CT molecular complexity index is 391. The summed E-state index contributed by atoms with van der Waals surface area (Å²) < 4.78 is 10.6. The van der Waals surface area contributed by atoms with Crippen LogP contribution in [0.15, 0.2) is 18.2 Å². The molecular weight excluding hydrogens is 218 g/mol. The van der Waals surface area contributed by atoms with E-state index in [1.165, 1.54) is 5.01 Å². The maximum Gasteiger partial charge on any atom is 0.180 e. The molecule has 0 aliphatic heterocycles. The highest BCUT2D eigenvalue weighted by Crippen LogP contribution is 2.28. The Labute approximate surface area is 102 Å². The van der Waals surface area contributed by atoms with Gasteiger partial charge >= 0.3 is 0 Å². The van der Waals surface area contributed by atoms with Crippen LogP contribution in [-0.2, 0) is 11.3 Å². The second-order valence-electron chi connectivity index (χ2n) is 3.63. The second-order valence-corrected chi connectivity index (χ2v) is 3.63. The predicted molar refractivity (Wildman–Crippen MR) is 68.4 cm³/mol. The van der Waals surface area contributed by atoms with E-state index in [4.69, 9.17) is 20.7 Å². The molecule has 0 bridgehead atoms. The number of hydrogen-bond acceptors (Lipinski definition) is 5. The van der Waals surface area contributed by atoms with Crippen LogP contribution >= 0.6 is 0 Å². The molecule has 0 aliphatic carbocycles. The lowest BCUT2D eigenvalue weighted by atomic mass is 10.1. The van der Waals surface area contributed by atoms with Gasteiger partial charge in [-0.2, -0.15) is 0 Å². The predicted octanol–water partition coefficient (Wildman–Crippen LogP) is 1.91. The zero-order valence-corrected chi connectivity index (χ0v) is 10.5. The lowest BCUT2D eigenvalue weighted by Crippen LogP contribution is -2.26. The first-order valence-electron chi connectivity index (χ1n) is 5.44. The van der Waals surface area contributed by atoms with Crippen molar-refractivity contribution >= 4 is 11.6 Å².